The summed E-state index contributed by atoms with van der Waals surface area (Å²) < 4.78 is 5.53. The van der Waals surface area contributed by atoms with Crippen molar-refractivity contribution in [3.05, 3.63) is 28.8 Å². The Bertz CT molecular complexity index is 597. The van der Waals surface area contributed by atoms with Gasteiger partial charge >= 0.3 is 0 Å². The van der Waals surface area contributed by atoms with Gasteiger partial charge in [-0.15, -0.1) is 0 Å². The summed E-state index contributed by atoms with van der Waals surface area (Å²) in [5.41, 5.74) is 0.879. The first-order valence-electron chi connectivity index (χ1n) is 9.68. The van der Waals surface area contributed by atoms with E-state index in [2.05, 4.69) is 10.2 Å². The van der Waals surface area contributed by atoms with E-state index in [1.54, 1.807) is 12.1 Å². The number of hydrogen-bond acceptors (Lipinski definition) is 4. The third-order valence-corrected chi connectivity index (χ3v) is 5.71. The van der Waals surface area contributed by atoms with E-state index in [1.165, 1.54) is 0 Å². The molecule has 2 aliphatic heterocycles. The van der Waals surface area contributed by atoms with E-state index in [9.17, 15) is 9.90 Å². The largest absolute Gasteiger partial charge is 0.508 e. The first-order valence-corrected chi connectivity index (χ1v) is 10.1. The van der Waals surface area contributed by atoms with Crippen LogP contribution in [0, 0.1) is 5.92 Å². The lowest BCUT2D eigenvalue weighted by atomic mass is 9.92. The van der Waals surface area contributed by atoms with Gasteiger partial charge in [-0.05, 0) is 69.3 Å². The van der Waals surface area contributed by atoms with Crippen LogP contribution in [-0.2, 0) is 16.1 Å². The molecule has 144 valence electrons. The van der Waals surface area contributed by atoms with E-state index >= 15 is 0 Å². The second-order valence-corrected chi connectivity index (χ2v) is 7.91. The zero-order valence-electron chi connectivity index (χ0n) is 15.3. The average Bonchev–Trinajstić information content (AvgIpc) is 3.16. The molecule has 0 unspecified atom stereocenters. The van der Waals surface area contributed by atoms with Gasteiger partial charge in [0.2, 0.25) is 5.91 Å². The highest BCUT2D eigenvalue weighted by molar-refractivity contribution is 6.30. The predicted octanol–water partition coefficient (Wildman–Crippen LogP) is 3.33. The van der Waals surface area contributed by atoms with Gasteiger partial charge in [0.25, 0.3) is 0 Å². The lowest BCUT2D eigenvalue weighted by Crippen LogP contribution is -2.34. The summed E-state index contributed by atoms with van der Waals surface area (Å²) in [5.74, 6) is 1.05. The minimum Gasteiger partial charge on any atom is -0.508 e. The number of ether oxygens (including phenoxy) is 1. The summed E-state index contributed by atoms with van der Waals surface area (Å²) in [5, 5.41) is 13.6. The summed E-state index contributed by atoms with van der Waals surface area (Å²) in [4.78, 5) is 14.3. The third-order valence-electron chi connectivity index (χ3n) is 5.47. The summed E-state index contributed by atoms with van der Waals surface area (Å²) in [6.45, 7) is 4.19. The first-order chi connectivity index (χ1) is 12.6. The molecule has 2 fully saturated rings. The van der Waals surface area contributed by atoms with Crippen LogP contribution in [0.2, 0.25) is 5.02 Å². The van der Waals surface area contributed by atoms with Gasteiger partial charge in [0.15, 0.2) is 0 Å². The molecule has 0 aromatic heterocycles. The molecule has 3 rings (SSSR count). The molecule has 6 heteroatoms. The fourth-order valence-corrected chi connectivity index (χ4v) is 4.01. The zero-order valence-corrected chi connectivity index (χ0v) is 16.0. The fourth-order valence-electron chi connectivity index (χ4n) is 3.81. The molecule has 2 heterocycles. The van der Waals surface area contributed by atoms with Crippen molar-refractivity contribution < 1.29 is 14.6 Å². The highest BCUT2D eigenvalue weighted by atomic mass is 35.5. The van der Waals surface area contributed by atoms with Gasteiger partial charge in [0, 0.05) is 36.7 Å². The first kappa shape index (κ1) is 19.5. The molecule has 1 amide bonds. The van der Waals surface area contributed by atoms with E-state index in [0.29, 0.717) is 29.7 Å². The number of rotatable bonds is 7. The number of carbonyl (C=O) groups is 1. The van der Waals surface area contributed by atoms with Gasteiger partial charge in [0.1, 0.15) is 5.75 Å². The molecular weight excluding hydrogens is 352 g/mol. The number of phenolic OH excluding ortho intramolecular Hbond substituents is 1. The van der Waals surface area contributed by atoms with Crippen LogP contribution in [0.4, 0.5) is 0 Å². The lowest BCUT2D eigenvalue weighted by molar-refractivity contribution is -0.122. The van der Waals surface area contributed by atoms with Gasteiger partial charge in [-0.2, -0.15) is 0 Å². The maximum Gasteiger partial charge on any atom is 0.220 e. The van der Waals surface area contributed by atoms with Crippen LogP contribution in [0.5, 0.6) is 5.75 Å². The molecule has 2 N–H and O–H groups in total. The normalized spacial score (nSPS) is 21.8. The molecule has 1 atom stereocenters. The molecule has 26 heavy (non-hydrogen) atoms. The van der Waals surface area contributed by atoms with Crippen LogP contribution >= 0.6 is 11.6 Å². The number of nitrogens with zero attached hydrogens (tertiary/aromatic N) is 1. The molecule has 0 saturated carbocycles. The van der Waals surface area contributed by atoms with Crippen molar-refractivity contribution in [3.63, 3.8) is 0 Å². The fraction of sp³-hybridized carbons (Fsp3) is 0.650. The van der Waals surface area contributed by atoms with Crippen molar-refractivity contribution >= 4 is 17.5 Å². The molecule has 0 radical (unpaired) electrons. The van der Waals surface area contributed by atoms with E-state index in [0.717, 1.165) is 63.9 Å². The Morgan fingerprint density at radius 3 is 2.85 bits per heavy atom. The van der Waals surface area contributed by atoms with E-state index < -0.39 is 0 Å². The third kappa shape index (κ3) is 5.86. The Hall–Kier alpha value is -1.30. The molecule has 2 aliphatic rings. The van der Waals surface area contributed by atoms with Crippen molar-refractivity contribution in [3.8, 4) is 5.75 Å². The Morgan fingerprint density at radius 1 is 1.31 bits per heavy atom. The summed E-state index contributed by atoms with van der Waals surface area (Å²) in [7, 11) is 0. The van der Waals surface area contributed by atoms with E-state index in [1.807, 2.05) is 6.07 Å². The standard InChI is InChI=1S/C20H29ClN2O3/c21-17-4-5-19(24)16(12-17)14-23-9-7-15(8-10-23)3-6-20(25)22-13-18-2-1-11-26-18/h4-5,12,15,18,24H,1-3,6-11,13-14H2,(H,22,25)/t18-/m1/s1. The number of piperidine rings is 1. The lowest BCUT2D eigenvalue weighted by Gasteiger charge is -2.32. The molecule has 1 aromatic rings. The molecular formula is C20H29ClN2O3. The van der Waals surface area contributed by atoms with Crippen LogP contribution in [0.1, 0.15) is 44.1 Å². The molecule has 0 bridgehead atoms. The van der Waals surface area contributed by atoms with Crippen molar-refractivity contribution in [1.29, 1.82) is 0 Å². The van der Waals surface area contributed by atoms with Crippen molar-refractivity contribution in [2.45, 2.75) is 51.2 Å². The minimum atomic E-state index is 0.145. The summed E-state index contributed by atoms with van der Waals surface area (Å²) in [6.07, 6.45) is 6.12. The second-order valence-electron chi connectivity index (χ2n) is 7.47. The van der Waals surface area contributed by atoms with Crippen molar-refractivity contribution in [1.82, 2.24) is 10.2 Å². The van der Waals surface area contributed by atoms with Crippen LogP contribution in [-0.4, -0.2) is 48.3 Å². The number of carbonyl (C=O) groups excluding carboxylic acids is 1. The molecule has 2 saturated heterocycles. The number of benzene rings is 1. The quantitative estimate of drug-likeness (QED) is 0.761. The number of amides is 1. The van der Waals surface area contributed by atoms with Crippen LogP contribution < -0.4 is 5.32 Å². The topological polar surface area (TPSA) is 61.8 Å². The highest BCUT2D eigenvalue weighted by Crippen LogP contribution is 2.27. The smallest absolute Gasteiger partial charge is 0.220 e. The Labute approximate surface area is 160 Å². The van der Waals surface area contributed by atoms with Gasteiger partial charge in [0.05, 0.1) is 6.10 Å². The molecule has 0 aliphatic carbocycles. The summed E-state index contributed by atoms with van der Waals surface area (Å²) >= 11 is 6.02. The minimum absolute atomic E-state index is 0.145. The Morgan fingerprint density at radius 2 is 2.12 bits per heavy atom. The van der Waals surface area contributed by atoms with Crippen molar-refractivity contribution in [2.75, 3.05) is 26.2 Å². The maximum absolute atomic E-state index is 12.0. The number of aromatic hydroxyl groups is 1. The molecule has 0 spiro atoms. The van der Waals surface area contributed by atoms with E-state index in [4.69, 9.17) is 16.3 Å². The number of phenols is 1. The van der Waals surface area contributed by atoms with Crippen LogP contribution in [0.3, 0.4) is 0 Å². The second kappa shape index (κ2) is 9.58. The van der Waals surface area contributed by atoms with Gasteiger partial charge in [-0.25, -0.2) is 0 Å². The zero-order chi connectivity index (χ0) is 18.4. The number of halogens is 1. The molecule has 1 aromatic carbocycles. The summed E-state index contributed by atoms with van der Waals surface area (Å²) in [6, 6.07) is 5.19. The van der Waals surface area contributed by atoms with Crippen molar-refractivity contribution in [2.24, 2.45) is 5.92 Å². The van der Waals surface area contributed by atoms with Crippen LogP contribution in [0.15, 0.2) is 18.2 Å². The Kier molecular flexibility index (Phi) is 7.17. The number of likely N-dealkylation sites (tertiary alicyclic amines) is 1. The van der Waals surface area contributed by atoms with Gasteiger partial charge in [-0.1, -0.05) is 11.6 Å². The maximum atomic E-state index is 12.0. The molecule has 5 nitrogen and oxygen atoms in total. The predicted molar refractivity (Wildman–Crippen MR) is 102 cm³/mol. The van der Waals surface area contributed by atoms with Crippen LogP contribution in [0.25, 0.3) is 0 Å². The monoisotopic (exact) mass is 380 g/mol. The number of hydrogen-bond donors (Lipinski definition) is 2. The Balaban J connectivity index is 1.33. The van der Waals surface area contributed by atoms with Gasteiger partial charge in [-0.3, -0.25) is 9.69 Å². The highest BCUT2D eigenvalue weighted by Gasteiger charge is 2.21. The van der Waals surface area contributed by atoms with Gasteiger partial charge < -0.3 is 15.2 Å². The van der Waals surface area contributed by atoms with E-state index in [-0.39, 0.29) is 12.0 Å². The average molecular weight is 381 g/mol. The number of nitrogens with one attached hydrogen (secondary N) is 1. The SMILES string of the molecule is O=C(CCC1CCN(Cc2cc(Cl)ccc2O)CC1)NC[C@H]1CCCO1.